The predicted molar refractivity (Wildman–Crippen MR) is 52.1 cm³/mol. The molecule has 0 aliphatic carbocycles. The highest BCUT2D eigenvalue weighted by Crippen LogP contribution is 2.20. The minimum Gasteiger partial charge on any atom is -0.508 e. The molecule has 0 atom stereocenters. The quantitative estimate of drug-likeness (QED) is 0.659. The molecule has 0 unspecified atom stereocenters. The van der Waals surface area contributed by atoms with Gasteiger partial charge >= 0.3 is 0 Å². The fraction of sp³-hybridized carbons (Fsp3) is 0.0909. The summed E-state index contributed by atoms with van der Waals surface area (Å²) in [4.78, 5) is 0. The Labute approximate surface area is 72.7 Å². The second kappa shape index (κ2) is 3.77. The predicted octanol–water partition coefficient (Wildman–Crippen LogP) is 2.90. The average molecular weight is 160 g/mol. The lowest BCUT2D eigenvalue weighted by Crippen LogP contribution is -1.79. The van der Waals surface area contributed by atoms with Crippen LogP contribution in [0, 0.1) is 6.92 Å². The van der Waals surface area contributed by atoms with Crippen LogP contribution in [0.25, 0.3) is 6.08 Å². The number of phenols is 1. The molecule has 0 heterocycles. The van der Waals surface area contributed by atoms with Gasteiger partial charge in [0.25, 0.3) is 0 Å². The average Bonchev–Trinajstić information content (AvgIpc) is 2.08. The Morgan fingerprint density at radius 1 is 1.42 bits per heavy atom. The van der Waals surface area contributed by atoms with Crippen LogP contribution < -0.4 is 0 Å². The molecular weight excluding hydrogens is 148 g/mol. The monoisotopic (exact) mass is 160 g/mol. The number of rotatable bonds is 2. The number of hydrogen-bond acceptors (Lipinski definition) is 1. The highest BCUT2D eigenvalue weighted by Gasteiger charge is 1.97. The molecule has 0 aromatic heterocycles. The van der Waals surface area contributed by atoms with E-state index in [9.17, 15) is 5.11 Å². The third-order valence-electron chi connectivity index (χ3n) is 1.76. The molecule has 0 aliphatic rings. The lowest BCUT2D eigenvalue weighted by molar-refractivity contribution is 0.471. The van der Waals surface area contributed by atoms with Gasteiger partial charge in [0, 0.05) is 0 Å². The number of phenolic OH excluding ortho intramolecular Hbond substituents is 1. The summed E-state index contributed by atoms with van der Waals surface area (Å²) < 4.78 is 0. The third kappa shape index (κ3) is 1.76. The molecule has 0 fully saturated rings. The SMILES string of the molecule is C=C/C=C\c1cccc(O)c1C. The number of hydrogen-bond donors (Lipinski definition) is 1. The molecule has 0 spiro atoms. The first-order chi connectivity index (χ1) is 5.75. The minimum atomic E-state index is 0.334. The molecule has 0 saturated heterocycles. The molecule has 12 heavy (non-hydrogen) atoms. The van der Waals surface area contributed by atoms with Crippen molar-refractivity contribution in [2.24, 2.45) is 0 Å². The first-order valence-electron chi connectivity index (χ1n) is 3.83. The van der Waals surface area contributed by atoms with Crippen molar-refractivity contribution in [2.75, 3.05) is 0 Å². The summed E-state index contributed by atoms with van der Waals surface area (Å²) >= 11 is 0. The summed E-state index contributed by atoms with van der Waals surface area (Å²) in [6.45, 7) is 5.47. The molecular formula is C11H12O. The van der Waals surface area contributed by atoms with E-state index >= 15 is 0 Å². The molecule has 62 valence electrons. The van der Waals surface area contributed by atoms with E-state index in [2.05, 4.69) is 6.58 Å². The maximum absolute atomic E-state index is 9.34. The molecule has 1 nitrogen and oxygen atoms in total. The van der Waals surface area contributed by atoms with E-state index in [1.54, 1.807) is 12.1 Å². The lowest BCUT2D eigenvalue weighted by atomic mass is 10.1. The van der Waals surface area contributed by atoms with Gasteiger partial charge in [-0.15, -0.1) is 0 Å². The zero-order chi connectivity index (χ0) is 8.97. The van der Waals surface area contributed by atoms with E-state index < -0.39 is 0 Å². The van der Waals surface area contributed by atoms with Crippen LogP contribution >= 0.6 is 0 Å². The van der Waals surface area contributed by atoms with E-state index in [1.165, 1.54) is 0 Å². The molecule has 1 rings (SSSR count). The molecule has 1 aromatic carbocycles. The van der Waals surface area contributed by atoms with Crippen molar-refractivity contribution in [3.05, 3.63) is 48.1 Å². The summed E-state index contributed by atoms with van der Waals surface area (Å²) in [6.07, 6.45) is 5.48. The van der Waals surface area contributed by atoms with E-state index in [0.29, 0.717) is 5.75 Å². The molecule has 1 aromatic rings. The van der Waals surface area contributed by atoms with Crippen molar-refractivity contribution < 1.29 is 5.11 Å². The molecule has 0 saturated carbocycles. The van der Waals surface area contributed by atoms with Crippen molar-refractivity contribution >= 4 is 6.08 Å². The van der Waals surface area contributed by atoms with E-state index in [4.69, 9.17) is 0 Å². The smallest absolute Gasteiger partial charge is 0.119 e. The summed E-state index contributed by atoms with van der Waals surface area (Å²) in [6, 6.07) is 5.46. The van der Waals surface area contributed by atoms with Crippen LogP contribution in [0.2, 0.25) is 0 Å². The van der Waals surface area contributed by atoms with Crippen molar-refractivity contribution in [1.82, 2.24) is 0 Å². The Bertz CT molecular complexity index is 311. The Balaban J connectivity index is 3.07. The van der Waals surface area contributed by atoms with Gasteiger partial charge in [-0.1, -0.05) is 36.9 Å². The van der Waals surface area contributed by atoms with Gasteiger partial charge in [-0.3, -0.25) is 0 Å². The van der Waals surface area contributed by atoms with Gasteiger partial charge in [-0.2, -0.15) is 0 Å². The third-order valence-corrected chi connectivity index (χ3v) is 1.76. The Hall–Kier alpha value is -1.50. The Kier molecular flexibility index (Phi) is 2.70. The molecule has 0 amide bonds. The van der Waals surface area contributed by atoms with Crippen molar-refractivity contribution in [3.63, 3.8) is 0 Å². The summed E-state index contributed by atoms with van der Waals surface area (Å²) in [7, 11) is 0. The number of benzene rings is 1. The Morgan fingerprint density at radius 3 is 2.83 bits per heavy atom. The lowest BCUT2D eigenvalue weighted by Gasteiger charge is -2.01. The van der Waals surface area contributed by atoms with Crippen molar-refractivity contribution in [1.29, 1.82) is 0 Å². The van der Waals surface area contributed by atoms with Crippen LogP contribution in [0.4, 0.5) is 0 Å². The highest BCUT2D eigenvalue weighted by atomic mass is 16.3. The second-order valence-corrected chi connectivity index (χ2v) is 2.59. The van der Waals surface area contributed by atoms with Crippen LogP contribution in [0.1, 0.15) is 11.1 Å². The topological polar surface area (TPSA) is 20.2 Å². The normalized spacial score (nSPS) is 10.4. The van der Waals surface area contributed by atoms with E-state index in [-0.39, 0.29) is 0 Å². The zero-order valence-corrected chi connectivity index (χ0v) is 7.12. The maximum Gasteiger partial charge on any atom is 0.119 e. The van der Waals surface area contributed by atoms with Crippen molar-refractivity contribution in [2.45, 2.75) is 6.92 Å². The molecule has 0 bridgehead atoms. The summed E-state index contributed by atoms with van der Waals surface area (Å²) in [5, 5.41) is 9.34. The first-order valence-corrected chi connectivity index (χ1v) is 3.83. The molecule has 1 heteroatoms. The van der Waals surface area contributed by atoms with Gasteiger partial charge in [0.15, 0.2) is 0 Å². The number of aromatic hydroxyl groups is 1. The van der Waals surface area contributed by atoms with Gasteiger partial charge in [-0.25, -0.2) is 0 Å². The maximum atomic E-state index is 9.34. The molecule has 1 N–H and O–H groups in total. The zero-order valence-electron chi connectivity index (χ0n) is 7.12. The Morgan fingerprint density at radius 2 is 2.17 bits per heavy atom. The van der Waals surface area contributed by atoms with Gasteiger partial charge < -0.3 is 5.11 Å². The standard InChI is InChI=1S/C11H12O/c1-3-4-6-10-7-5-8-11(12)9(10)2/h3-8,12H,1H2,2H3/b6-4-. The fourth-order valence-corrected chi connectivity index (χ4v) is 0.993. The second-order valence-electron chi connectivity index (χ2n) is 2.59. The van der Waals surface area contributed by atoms with E-state index in [0.717, 1.165) is 11.1 Å². The van der Waals surface area contributed by atoms with Gasteiger partial charge in [0.2, 0.25) is 0 Å². The molecule has 0 radical (unpaired) electrons. The van der Waals surface area contributed by atoms with Gasteiger partial charge in [0.05, 0.1) is 0 Å². The van der Waals surface area contributed by atoms with Gasteiger partial charge in [-0.05, 0) is 24.1 Å². The van der Waals surface area contributed by atoms with E-state index in [1.807, 2.05) is 31.2 Å². The van der Waals surface area contributed by atoms with Gasteiger partial charge in [0.1, 0.15) is 5.75 Å². The number of allylic oxidation sites excluding steroid dienone is 2. The highest BCUT2D eigenvalue weighted by molar-refractivity contribution is 5.58. The minimum absolute atomic E-state index is 0.334. The van der Waals surface area contributed by atoms with Crippen LogP contribution in [-0.2, 0) is 0 Å². The van der Waals surface area contributed by atoms with Crippen LogP contribution in [-0.4, -0.2) is 5.11 Å². The fourth-order valence-electron chi connectivity index (χ4n) is 0.993. The largest absolute Gasteiger partial charge is 0.508 e. The summed E-state index contributed by atoms with van der Waals surface area (Å²) in [5.41, 5.74) is 1.92. The first kappa shape index (κ1) is 8.60. The molecule has 0 aliphatic heterocycles. The van der Waals surface area contributed by atoms with Crippen LogP contribution in [0.15, 0.2) is 36.9 Å². The summed E-state index contributed by atoms with van der Waals surface area (Å²) in [5.74, 6) is 0.334. The van der Waals surface area contributed by atoms with Crippen molar-refractivity contribution in [3.8, 4) is 5.75 Å². The van der Waals surface area contributed by atoms with Crippen LogP contribution in [0.5, 0.6) is 5.75 Å². The van der Waals surface area contributed by atoms with Crippen LogP contribution in [0.3, 0.4) is 0 Å².